The molecule has 0 N–H and O–H groups in total. The highest BCUT2D eigenvalue weighted by atomic mass is 79.9. The second kappa shape index (κ2) is 7.33. The van der Waals surface area contributed by atoms with Crippen molar-refractivity contribution in [2.75, 3.05) is 4.90 Å². The highest BCUT2D eigenvalue weighted by molar-refractivity contribution is 9.10. The third-order valence-electron chi connectivity index (χ3n) is 4.37. The van der Waals surface area contributed by atoms with Crippen LogP contribution in [0.3, 0.4) is 0 Å². The lowest BCUT2D eigenvalue weighted by atomic mass is 10.1. The molecule has 4 rings (SSSR count). The summed E-state index contributed by atoms with van der Waals surface area (Å²) in [5, 5.41) is 0. The number of aryl methyl sites for hydroxylation is 1. The number of halogens is 1. The Morgan fingerprint density at radius 2 is 1.56 bits per heavy atom. The van der Waals surface area contributed by atoms with E-state index in [1.807, 2.05) is 91.9 Å². The minimum atomic E-state index is -0.131. The van der Waals surface area contributed by atoms with Gasteiger partial charge in [-0.25, -0.2) is 4.99 Å². The SMILES string of the molecule is Cc1ccc(N2C(=O)/C(=C\c3ccccc3)N=C2c2ccccc2Br)cc1. The largest absolute Gasteiger partial charge is 0.282 e. The van der Waals surface area contributed by atoms with Gasteiger partial charge in [-0.2, -0.15) is 0 Å². The number of aliphatic imine (C=N–C) groups is 1. The maximum absolute atomic E-state index is 13.2. The topological polar surface area (TPSA) is 32.7 Å². The Kier molecular flexibility index (Phi) is 4.73. The zero-order chi connectivity index (χ0) is 18.8. The van der Waals surface area contributed by atoms with Gasteiger partial charge in [-0.3, -0.25) is 9.69 Å². The van der Waals surface area contributed by atoms with Crippen LogP contribution < -0.4 is 4.90 Å². The lowest BCUT2D eigenvalue weighted by molar-refractivity contribution is -0.113. The van der Waals surface area contributed by atoms with E-state index in [-0.39, 0.29) is 5.91 Å². The molecule has 1 aliphatic rings. The molecule has 0 atom stereocenters. The molecular formula is C23H17BrN2O. The van der Waals surface area contributed by atoms with Crippen molar-refractivity contribution in [1.82, 2.24) is 0 Å². The summed E-state index contributed by atoms with van der Waals surface area (Å²) >= 11 is 3.59. The first-order chi connectivity index (χ1) is 13.1. The number of benzene rings is 3. The average Bonchev–Trinajstić information content (AvgIpc) is 3.00. The second-order valence-electron chi connectivity index (χ2n) is 6.33. The molecule has 132 valence electrons. The molecule has 1 heterocycles. The van der Waals surface area contributed by atoms with Gasteiger partial charge >= 0.3 is 0 Å². The molecule has 27 heavy (non-hydrogen) atoms. The summed E-state index contributed by atoms with van der Waals surface area (Å²) < 4.78 is 0.898. The fourth-order valence-electron chi connectivity index (χ4n) is 2.98. The van der Waals surface area contributed by atoms with Crippen LogP contribution in [0, 0.1) is 6.92 Å². The fourth-order valence-corrected chi connectivity index (χ4v) is 3.44. The standard InChI is InChI=1S/C23H17BrN2O/c1-16-11-13-18(14-12-16)26-22(19-9-5-6-10-20(19)24)25-21(23(26)27)15-17-7-3-2-4-8-17/h2-15H,1H3/b21-15+. The van der Waals surface area contributed by atoms with E-state index in [4.69, 9.17) is 4.99 Å². The maximum atomic E-state index is 13.2. The summed E-state index contributed by atoms with van der Waals surface area (Å²) in [7, 11) is 0. The van der Waals surface area contributed by atoms with Crippen LogP contribution in [0.2, 0.25) is 0 Å². The zero-order valence-electron chi connectivity index (χ0n) is 14.8. The smallest absolute Gasteiger partial charge is 0.266 e. The third-order valence-corrected chi connectivity index (χ3v) is 5.06. The quantitative estimate of drug-likeness (QED) is 0.512. The minimum Gasteiger partial charge on any atom is -0.266 e. The Balaban J connectivity index is 1.85. The molecule has 0 fully saturated rings. The number of anilines is 1. The molecule has 0 radical (unpaired) electrons. The van der Waals surface area contributed by atoms with E-state index in [0.717, 1.165) is 26.9 Å². The zero-order valence-corrected chi connectivity index (χ0v) is 16.3. The molecule has 3 nitrogen and oxygen atoms in total. The van der Waals surface area contributed by atoms with Crippen molar-refractivity contribution in [1.29, 1.82) is 0 Å². The molecule has 1 aliphatic heterocycles. The van der Waals surface area contributed by atoms with E-state index in [1.54, 1.807) is 4.90 Å². The molecule has 0 bridgehead atoms. The van der Waals surface area contributed by atoms with Crippen LogP contribution in [0.5, 0.6) is 0 Å². The fraction of sp³-hybridized carbons (Fsp3) is 0.0435. The van der Waals surface area contributed by atoms with Crippen LogP contribution in [-0.2, 0) is 4.79 Å². The van der Waals surface area contributed by atoms with Gasteiger partial charge in [0.2, 0.25) is 0 Å². The normalized spacial score (nSPS) is 15.3. The number of nitrogens with zero attached hydrogens (tertiary/aromatic N) is 2. The van der Waals surface area contributed by atoms with E-state index < -0.39 is 0 Å². The molecule has 3 aromatic rings. The Bertz CT molecular complexity index is 1050. The second-order valence-corrected chi connectivity index (χ2v) is 7.19. The summed E-state index contributed by atoms with van der Waals surface area (Å²) in [5.74, 6) is 0.493. The van der Waals surface area contributed by atoms with Crippen molar-refractivity contribution in [3.05, 3.63) is 106 Å². The van der Waals surface area contributed by atoms with Crippen molar-refractivity contribution in [2.24, 2.45) is 4.99 Å². The molecule has 3 aromatic carbocycles. The lowest BCUT2D eigenvalue weighted by Gasteiger charge is -2.19. The van der Waals surface area contributed by atoms with Crippen LogP contribution in [0.25, 0.3) is 6.08 Å². The molecule has 0 saturated heterocycles. The van der Waals surface area contributed by atoms with Gasteiger partial charge in [0.05, 0.1) is 5.69 Å². The monoisotopic (exact) mass is 416 g/mol. The number of rotatable bonds is 3. The van der Waals surface area contributed by atoms with Crippen molar-refractivity contribution < 1.29 is 4.79 Å². The number of hydrogen-bond donors (Lipinski definition) is 0. The molecule has 0 unspecified atom stereocenters. The maximum Gasteiger partial charge on any atom is 0.282 e. The van der Waals surface area contributed by atoms with Gasteiger partial charge in [-0.05, 0) is 36.8 Å². The van der Waals surface area contributed by atoms with Crippen molar-refractivity contribution in [2.45, 2.75) is 6.92 Å². The molecular weight excluding hydrogens is 400 g/mol. The van der Waals surface area contributed by atoms with Crippen LogP contribution >= 0.6 is 15.9 Å². The Morgan fingerprint density at radius 3 is 2.26 bits per heavy atom. The van der Waals surface area contributed by atoms with Crippen LogP contribution in [-0.4, -0.2) is 11.7 Å². The molecule has 0 aromatic heterocycles. The van der Waals surface area contributed by atoms with E-state index in [2.05, 4.69) is 15.9 Å². The average molecular weight is 417 g/mol. The first-order valence-electron chi connectivity index (χ1n) is 8.65. The Hall–Kier alpha value is -2.98. The number of carbonyl (C=O) groups is 1. The molecule has 0 saturated carbocycles. The van der Waals surface area contributed by atoms with Crippen molar-refractivity contribution in [3.8, 4) is 0 Å². The first-order valence-corrected chi connectivity index (χ1v) is 9.44. The van der Waals surface area contributed by atoms with Gasteiger partial charge in [-0.1, -0.05) is 82.2 Å². The highest BCUT2D eigenvalue weighted by Crippen LogP contribution is 2.30. The van der Waals surface area contributed by atoms with E-state index in [0.29, 0.717) is 11.5 Å². The van der Waals surface area contributed by atoms with Gasteiger partial charge in [0, 0.05) is 10.0 Å². The Morgan fingerprint density at radius 1 is 0.889 bits per heavy atom. The number of amidine groups is 1. The van der Waals surface area contributed by atoms with Gasteiger partial charge < -0.3 is 0 Å². The lowest BCUT2D eigenvalue weighted by Crippen LogP contribution is -2.32. The van der Waals surface area contributed by atoms with E-state index >= 15 is 0 Å². The van der Waals surface area contributed by atoms with E-state index in [9.17, 15) is 4.79 Å². The summed E-state index contributed by atoms with van der Waals surface area (Å²) in [6, 6.07) is 25.5. The van der Waals surface area contributed by atoms with Crippen molar-refractivity contribution >= 4 is 39.4 Å². The molecule has 1 amide bonds. The van der Waals surface area contributed by atoms with Gasteiger partial charge in [0.1, 0.15) is 11.5 Å². The molecule has 0 spiro atoms. The molecule has 4 heteroatoms. The predicted molar refractivity (Wildman–Crippen MR) is 114 cm³/mol. The van der Waals surface area contributed by atoms with E-state index in [1.165, 1.54) is 0 Å². The highest BCUT2D eigenvalue weighted by Gasteiger charge is 2.33. The van der Waals surface area contributed by atoms with Crippen LogP contribution in [0.1, 0.15) is 16.7 Å². The first kappa shape index (κ1) is 17.4. The van der Waals surface area contributed by atoms with Gasteiger partial charge in [0.25, 0.3) is 5.91 Å². The predicted octanol–water partition coefficient (Wildman–Crippen LogP) is 5.59. The summed E-state index contributed by atoms with van der Waals surface area (Å²) in [6.45, 7) is 2.03. The summed E-state index contributed by atoms with van der Waals surface area (Å²) in [4.78, 5) is 19.6. The third kappa shape index (κ3) is 3.49. The van der Waals surface area contributed by atoms with Crippen LogP contribution in [0.15, 0.2) is 94.0 Å². The molecule has 0 aliphatic carbocycles. The van der Waals surface area contributed by atoms with Crippen molar-refractivity contribution in [3.63, 3.8) is 0 Å². The summed E-state index contributed by atoms with van der Waals surface area (Å²) in [6.07, 6.45) is 1.83. The Labute approximate surface area is 166 Å². The minimum absolute atomic E-state index is 0.131. The van der Waals surface area contributed by atoms with Crippen LogP contribution in [0.4, 0.5) is 5.69 Å². The summed E-state index contributed by atoms with van der Waals surface area (Å²) in [5.41, 5.74) is 4.19. The van der Waals surface area contributed by atoms with Gasteiger partial charge in [0.15, 0.2) is 0 Å². The number of carbonyl (C=O) groups excluding carboxylic acids is 1. The van der Waals surface area contributed by atoms with Gasteiger partial charge in [-0.15, -0.1) is 0 Å². The number of amides is 1. The number of hydrogen-bond acceptors (Lipinski definition) is 2.